The highest BCUT2D eigenvalue weighted by atomic mass is 32.1. The van der Waals surface area contributed by atoms with Gasteiger partial charge in [0.1, 0.15) is 5.75 Å². The van der Waals surface area contributed by atoms with E-state index in [1.807, 2.05) is 19.1 Å². The highest BCUT2D eigenvalue weighted by Gasteiger charge is 2.27. The number of hydrogen-bond donors (Lipinski definition) is 1. The summed E-state index contributed by atoms with van der Waals surface area (Å²) < 4.78 is 5.47. The Hall–Kier alpha value is -1.55. The van der Waals surface area contributed by atoms with E-state index >= 15 is 0 Å². The minimum atomic E-state index is 0.463. The molecule has 4 heteroatoms. The molecule has 1 unspecified atom stereocenters. The van der Waals surface area contributed by atoms with Gasteiger partial charge in [-0.05, 0) is 37.5 Å². The summed E-state index contributed by atoms with van der Waals surface area (Å²) in [6.45, 7) is 2.70. The third-order valence-corrected chi connectivity index (χ3v) is 4.36. The zero-order valence-corrected chi connectivity index (χ0v) is 11.2. The first-order chi connectivity index (χ1) is 8.78. The fourth-order valence-corrected chi connectivity index (χ4v) is 3.57. The summed E-state index contributed by atoms with van der Waals surface area (Å²) in [7, 11) is 0. The van der Waals surface area contributed by atoms with Gasteiger partial charge in [-0.2, -0.15) is 0 Å². The first kappa shape index (κ1) is 11.5. The smallest absolute Gasteiger partial charge is 0.180 e. The van der Waals surface area contributed by atoms with Gasteiger partial charge in [-0.3, -0.25) is 0 Å². The van der Waals surface area contributed by atoms with Crippen molar-refractivity contribution in [2.45, 2.75) is 25.7 Å². The number of thiazole rings is 1. The van der Waals surface area contributed by atoms with Crippen molar-refractivity contribution in [3.05, 3.63) is 40.4 Å². The van der Waals surface area contributed by atoms with Crippen molar-refractivity contribution in [1.29, 1.82) is 0 Å². The van der Waals surface area contributed by atoms with Crippen LogP contribution >= 0.6 is 11.3 Å². The number of nitrogens with two attached hydrogens (primary N) is 1. The number of fused-ring (bicyclic) bond motifs is 1. The van der Waals surface area contributed by atoms with Crippen LogP contribution < -0.4 is 10.5 Å². The molecule has 2 aromatic rings. The molecule has 1 aromatic heterocycles. The van der Waals surface area contributed by atoms with E-state index in [9.17, 15) is 0 Å². The van der Waals surface area contributed by atoms with Gasteiger partial charge < -0.3 is 10.5 Å². The Morgan fingerprint density at radius 3 is 2.89 bits per heavy atom. The Labute approximate surface area is 111 Å². The average molecular weight is 260 g/mol. The van der Waals surface area contributed by atoms with Crippen molar-refractivity contribution < 1.29 is 4.74 Å². The lowest BCUT2D eigenvalue weighted by molar-refractivity contribution is 0.340. The van der Waals surface area contributed by atoms with Crippen LogP contribution in [0.2, 0.25) is 0 Å². The summed E-state index contributed by atoms with van der Waals surface area (Å²) in [5, 5.41) is 0.690. The van der Waals surface area contributed by atoms with Crippen LogP contribution in [-0.4, -0.2) is 11.6 Å². The van der Waals surface area contributed by atoms with Crippen molar-refractivity contribution in [3.8, 4) is 5.75 Å². The SMILES string of the molecule is CCOc1ccc(C2CCc3nc(N)sc32)cc1. The molecule has 3 nitrogen and oxygen atoms in total. The lowest BCUT2D eigenvalue weighted by Crippen LogP contribution is -1.96. The maximum absolute atomic E-state index is 5.78. The minimum Gasteiger partial charge on any atom is -0.494 e. The molecule has 2 N–H and O–H groups in total. The van der Waals surface area contributed by atoms with E-state index in [0.29, 0.717) is 17.7 Å². The Kier molecular flexibility index (Phi) is 2.96. The van der Waals surface area contributed by atoms with Crippen LogP contribution in [0.5, 0.6) is 5.75 Å². The number of benzene rings is 1. The first-order valence-corrected chi connectivity index (χ1v) is 7.07. The van der Waals surface area contributed by atoms with Crippen LogP contribution in [0.3, 0.4) is 0 Å². The topological polar surface area (TPSA) is 48.1 Å². The molecule has 1 aliphatic rings. The third-order valence-electron chi connectivity index (χ3n) is 3.32. The Morgan fingerprint density at radius 2 is 2.17 bits per heavy atom. The summed E-state index contributed by atoms with van der Waals surface area (Å²) in [5.74, 6) is 1.40. The molecule has 94 valence electrons. The van der Waals surface area contributed by atoms with E-state index in [0.717, 1.165) is 18.6 Å². The predicted molar refractivity (Wildman–Crippen MR) is 74.3 cm³/mol. The van der Waals surface area contributed by atoms with Gasteiger partial charge in [0.05, 0.1) is 12.3 Å². The quantitative estimate of drug-likeness (QED) is 0.922. The molecule has 3 rings (SSSR count). The average Bonchev–Trinajstić information content (AvgIpc) is 2.89. The summed E-state index contributed by atoms with van der Waals surface area (Å²) in [4.78, 5) is 5.73. The minimum absolute atomic E-state index is 0.463. The molecule has 0 spiro atoms. The zero-order chi connectivity index (χ0) is 12.5. The van der Waals surface area contributed by atoms with Crippen molar-refractivity contribution in [1.82, 2.24) is 4.98 Å². The van der Waals surface area contributed by atoms with Crippen LogP contribution in [0, 0.1) is 0 Å². The molecule has 1 aliphatic carbocycles. The van der Waals surface area contributed by atoms with Crippen LogP contribution in [0.4, 0.5) is 5.13 Å². The van der Waals surface area contributed by atoms with Gasteiger partial charge in [-0.15, -0.1) is 11.3 Å². The maximum atomic E-state index is 5.78. The molecule has 0 fully saturated rings. The molecule has 0 radical (unpaired) electrons. The standard InChI is InChI=1S/C14H16N2OS/c1-2-17-10-5-3-9(4-6-10)11-7-8-12-13(11)18-14(15)16-12/h3-6,11H,2,7-8H2,1H3,(H2,15,16). The second-order valence-corrected chi connectivity index (χ2v) is 5.52. The fourth-order valence-electron chi connectivity index (χ4n) is 2.53. The summed E-state index contributed by atoms with van der Waals surface area (Å²) >= 11 is 1.63. The number of ether oxygens (including phenoxy) is 1. The lowest BCUT2D eigenvalue weighted by atomic mass is 9.98. The molecule has 1 atom stereocenters. The number of nitrogens with zero attached hydrogens (tertiary/aromatic N) is 1. The fraction of sp³-hybridized carbons (Fsp3) is 0.357. The van der Waals surface area contributed by atoms with E-state index in [1.54, 1.807) is 11.3 Å². The van der Waals surface area contributed by atoms with Gasteiger partial charge in [-0.1, -0.05) is 12.1 Å². The molecule has 0 saturated heterocycles. The van der Waals surface area contributed by atoms with Gasteiger partial charge in [0.25, 0.3) is 0 Å². The van der Waals surface area contributed by atoms with Crippen molar-refractivity contribution in [2.24, 2.45) is 0 Å². The highest BCUT2D eigenvalue weighted by Crippen LogP contribution is 2.42. The first-order valence-electron chi connectivity index (χ1n) is 6.25. The molecule has 0 amide bonds. The Balaban J connectivity index is 1.87. The van der Waals surface area contributed by atoms with Gasteiger partial charge in [0, 0.05) is 10.8 Å². The maximum Gasteiger partial charge on any atom is 0.180 e. The Bertz CT molecular complexity index is 547. The van der Waals surface area contributed by atoms with Gasteiger partial charge >= 0.3 is 0 Å². The second kappa shape index (κ2) is 4.61. The number of nitrogen functional groups attached to an aromatic ring is 1. The van der Waals surface area contributed by atoms with Crippen molar-refractivity contribution in [2.75, 3.05) is 12.3 Å². The third kappa shape index (κ3) is 1.97. The van der Waals surface area contributed by atoms with E-state index < -0.39 is 0 Å². The van der Waals surface area contributed by atoms with Gasteiger partial charge in [0.2, 0.25) is 0 Å². The summed E-state index contributed by atoms with van der Waals surface area (Å²) in [6.07, 6.45) is 2.18. The molecule has 0 bridgehead atoms. The van der Waals surface area contributed by atoms with E-state index in [4.69, 9.17) is 10.5 Å². The van der Waals surface area contributed by atoms with Crippen LogP contribution in [0.25, 0.3) is 0 Å². The molecule has 1 aromatic carbocycles. The van der Waals surface area contributed by atoms with Gasteiger partial charge in [0.15, 0.2) is 5.13 Å². The number of rotatable bonds is 3. The van der Waals surface area contributed by atoms with Crippen molar-refractivity contribution in [3.63, 3.8) is 0 Å². The number of aryl methyl sites for hydroxylation is 1. The molecule has 1 heterocycles. The predicted octanol–water partition coefficient (Wildman–Crippen LogP) is 3.20. The van der Waals surface area contributed by atoms with Crippen LogP contribution in [0.1, 0.15) is 35.4 Å². The largest absolute Gasteiger partial charge is 0.494 e. The van der Waals surface area contributed by atoms with Gasteiger partial charge in [-0.25, -0.2) is 4.98 Å². The highest BCUT2D eigenvalue weighted by molar-refractivity contribution is 7.15. The van der Waals surface area contributed by atoms with E-state index in [-0.39, 0.29) is 0 Å². The number of anilines is 1. The molecule has 0 saturated carbocycles. The summed E-state index contributed by atoms with van der Waals surface area (Å²) in [5.41, 5.74) is 8.31. The normalized spacial score (nSPS) is 17.7. The lowest BCUT2D eigenvalue weighted by Gasteiger charge is -2.11. The van der Waals surface area contributed by atoms with Crippen LogP contribution in [-0.2, 0) is 6.42 Å². The monoisotopic (exact) mass is 260 g/mol. The summed E-state index contributed by atoms with van der Waals surface area (Å²) in [6, 6.07) is 8.39. The molecular weight excluding hydrogens is 244 g/mol. The molecule has 0 aliphatic heterocycles. The van der Waals surface area contributed by atoms with Crippen LogP contribution in [0.15, 0.2) is 24.3 Å². The molecular formula is C14H16N2OS. The number of hydrogen-bond acceptors (Lipinski definition) is 4. The molecule has 18 heavy (non-hydrogen) atoms. The second-order valence-electron chi connectivity index (χ2n) is 4.46. The van der Waals surface area contributed by atoms with Crippen molar-refractivity contribution >= 4 is 16.5 Å². The van der Waals surface area contributed by atoms with E-state index in [2.05, 4.69) is 17.1 Å². The Morgan fingerprint density at radius 1 is 1.39 bits per heavy atom. The zero-order valence-electron chi connectivity index (χ0n) is 10.3. The number of aromatic nitrogens is 1. The van der Waals surface area contributed by atoms with E-state index in [1.165, 1.54) is 16.1 Å².